The maximum atomic E-state index is 11.3. The third-order valence-electron chi connectivity index (χ3n) is 1.61. The first kappa shape index (κ1) is 11.2. The van der Waals surface area contributed by atoms with Gasteiger partial charge < -0.3 is 5.73 Å². The normalized spacial score (nSPS) is 11.3. The highest BCUT2D eigenvalue weighted by molar-refractivity contribution is 9.10. The second kappa shape index (κ2) is 3.70. The molecule has 0 spiro atoms. The minimum atomic E-state index is -3.43. The Kier molecular flexibility index (Phi) is 2.96. The van der Waals surface area contributed by atoms with Gasteiger partial charge in [-0.3, -0.25) is 4.79 Å². The van der Waals surface area contributed by atoms with Crippen LogP contribution in [-0.4, -0.2) is 20.6 Å². The van der Waals surface area contributed by atoms with E-state index in [1.165, 1.54) is 12.1 Å². The summed E-state index contributed by atoms with van der Waals surface area (Å²) in [6.45, 7) is 0. The molecule has 0 unspecified atom stereocenters. The van der Waals surface area contributed by atoms with Crippen LogP contribution >= 0.6 is 15.9 Å². The molecule has 0 atom stereocenters. The van der Waals surface area contributed by atoms with Gasteiger partial charge in [0, 0.05) is 10.7 Å². The summed E-state index contributed by atoms with van der Waals surface area (Å²) >= 11 is 3.12. The van der Waals surface area contributed by atoms with Crippen LogP contribution in [0.25, 0.3) is 0 Å². The van der Waals surface area contributed by atoms with Crippen molar-refractivity contribution in [2.45, 2.75) is 4.90 Å². The number of rotatable bonds is 2. The zero-order valence-electron chi connectivity index (χ0n) is 7.32. The third-order valence-corrected chi connectivity index (χ3v) is 3.24. The molecular formula is C8H8BrNO3S. The van der Waals surface area contributed by atoms with Crippen molar-refractivity contribution in [1.29, 1.82) is 0 Å². The molecule has 0 saturated carbocycles. The first-order valence-electron chi connectivity index (χ1n) is 3.62. The Bertz CT molecular complexity index is 481. The molecular weight excluding hydrogens is 270 g/mol. The molecule has 1 rings (SSSR count). The lowest BCUT2D eigenvalue weighted by Crippen LogP contribution is -2.15. The summed E-state index contributed by atoms with van der Waals surface area (Å²) in [5, 5.41) is 0. The molecule has 76 valence electrons. The number of nitrogens with two attached hydrogens (primary N) is 1. The number of benzene rings is 1. The SMILES string of the molecule is CS(=O)(=O)c1cc(Br)ccc1C(N)=O. The zero-order chi connectivity index (χ0) is 10.9. The van der Waals surface area contributed by atoms with Crippen LogP contribution in [0.2, 0.25) is 0 Å². The van der Waals surface area contributed by atoms with Crippen LogP contribution in [0, 0.1) is 0 Å². The molecule has 0 saturated heterocycles. The van der Waals surface area contributed by atoms with Gasteiger partial charge in [-0.1, -0.05) is 15.9 Å². The Morgan fingerprint density at radius 1 is 1.43 bits per heavy atom. The highest BCUT2D eigenvalue weighted by atomic mass is 79.9. The van der Waals surface area contributed by atoms with E-state index < -0.39 is 15.7 Å². The van der Waals surface area contributed by atoms with Crippen molar-refractivity contribution in [1.82, 2.24) is 0 Å². The van der Waals surface area contributed by atoms with E-state index in [0.717, 1.165) is 6.26 Å². The molecule has 0 radical (unpaired) electrons. The van der Waals surface area contributed by atoms with Gasteiger partial charge in [0.05, 0.1) is 10.5 Å². The second-order valence-corrected chi connectivity index (χ2v) is 5.68. The lowest BCUT2D eigenvalue weighted by Gasteiger charge is -2.04. The predicted octanol–water partition coefficient (Wildman–Crippen LogP) is 0.952. The van der Waals surface area contributed by atoms with Gasteiger partial charge in [-0.25, -0.2) is 8.42 Å². The van der Waals surface area contributed by atoms with E-state index in [2.05, 4.69) is 15.9 Å². The molecule has 14 heavy (non-hydrogen) atoms. The standard InChI is InChI=1S/C8H8BrNO3S/c1-14(12,13)7-4-5(9)2-3-6(7)8(10)11/h2-4H,1H3,(H2,10,11). The summed E-state index contributed by atoms with van der Waals surface area (Å²) in [4.78, 5) is 10.9. The van der Waals surface area contributed by atoms with Crippen molar-refractivity contribution in [3.63, 3.8) is 0 Å². The molecule has 1 amide bonds. The van der Waals surface area contributed by atoms with Crippen molar-refractivity contribution in [3.8, 4) is 0 Å². The Labute approximate surface area is 90.2 Å². The number of carbonyl (C=O) groups excluding carboxylic acids is 1. The predicted molar refractivity (Wildman–Crippen MR) is 55.8 cm³/mol. The minimum Gasteiger partial charge on any atom is -0.366 e. The maximum Gasteiger partial charge on any atom is 0.250 e. The van der Waals surface area contributed by atoms with Crippen LogP contribution in [0.3, 0.4) is 0 Å². The lowest BCUT2D eigenvalue weighted by molar-refractivity contribution is 0.0997. The van der Waals surface area contributed by atoms with Crippen LogP contribution in [0.5, 0.6) is 0 Å². The zero-order valence-corrected chi connectivity index (χ0v) is 9.72. The molecule has 1 aromatic carbocycles. The van der Waals surface area contributed by atoms with Gasteiger partial charge in [-0.2, -0.15) is 0 Å². The summed E-state index contributed by atoms with van der Waals surface area (Å²) in [5.74, 6) is -0.752. The quantitative estimate of drug-likeness (QED) is 0.875. The van der Waals surface area contributed by atoms with E-state index in [1.54, 1.807) is 6.07 Å². The summed E-state index contributed by atoms with van der Waals surface area (Å²) in [7, 11) is -3.43. The van der Waals surface area contributed by atoms with Crippen molar-refractivity contribution < 1.29 is 13.2 Å². The average Bonchev–Trinajstić information content (AvgIpc) is 2.01. The largest absolute Gasteiger partial charge is 0.366 e. The Balaban J connectivity index is 3.54. The van der Waals surface area contributed by atoms with E-state index in [4.69, 9.17) is 5.73 Å². The van der Waals surface area contributed by atoms with E-state index in [9.17, 15) is 13.2 Å². The molecule has 0 heterocycles. The van der Waals surface area contributed by atoms with Gasteiger partial charge in [0.2, 0.25) is 5.91 Å². The number of primary amides is 1. The molecule has 0 bridgehead atoms. The fraction of sp³-hybridized carbons (Fsp3) is 0.125. The van der Waals surface area contributed by atoms with E-state index >= 15 is 0 Å². The van der Waals surface area contributed by atoms with E-state index in [0.29, 0.717) is 4.47 Å². The molecule has 0 aromatic heterocycles. The van der Waals surface area contributed by atoms with Crippen LogP contribution in [0.1, 0.15) is 10.4 Å². The Morgan fingerprint density at radius 2 is 2.00 bits per heavy atom. The molecule has 4 nitrogen and oxygen atoms in total. The third kappa shape index (κ3) is 2.33. The number of carbonyl (C=O) groups is 1. The van der Waals surface area contributed by atoms with Crippen molar-refractivity contribution in [2.24, 2.45) is 5.73 Å². The molecule has 0 aliphatic rings. The van der Waals surface area contributed by atoms with Gasteiger partial charge in [0.25, 0.3) is 0 Å². The molecule has 0 fully saturated rings. The number of hydrogen-bond donors (Lipinski definition) is 1. The van der Waals surface area contributed by atoms with Crippen LogP contribution in [0.15, 0.2) is 27.6 Å². The lowest BCUT2D eigenvalue weighted by atomic mass is 10.2. The molecule has 1 aromatic rings. The van der Waals surface area contributed by atoms with Crippen molar-refractivity contribution in [3.05, 3.63) is 28.2 Å². The van der Waals surface area contributed by atoms with Gasteiger partial charge in [0.1, 0.15) is 0 Å². The van der Waals surface area contributed by atoms with Gasteiger partial charge in [0.15, 0.2) is 9.84 Å². The fourth-order valence-corrected chi connectivity index (χ4v) is 2.43. The molecule has 6 heteroatoms. The van der Waals surface area contributed by atoms with Crippen molar-refractivity contribution in [2.75, 3.05) is 6.26 Å². The number of halogens is 1. The van der Waals surface area contributed by atoms with Crippen LogP contribution < -0.4 is 5.73 Å². The Hall–Kier alpha value is -0.880. The first-order chi connectivity index (χ1) is 6.32. The summed E-state index contributed by atoms with van der Waals surface area (Å²) in [6, 6.07) is 4.30. The van der Waals surface area contributed by atoms with Gasteiger partial charge >= 0.3 is 0 Å². The highest BCUT2D eigenvalue weighted by Crippen LogP contribution is 2.20. The average molecular weight is 278 g/mol. The number of sulfone groups is 1. The van der Waals surface area contributed by atoms with Gasteiger partial charge in [-0.05, 0) is 18.2 Å². The monoisotopic (exact) mass is 277 g/mol. The number of hydrogen-bond acceptors (Lipinski definition) is 3. The smallest absolute Gasteiger partial charge is 0.250 e. The molecule has 0 aliphatic carbocycles. The highest BCUT2D eigenvalue weighted by Gasteiger charge is 2.16. The van der Waals surface area contributed by atoms with Crippen molar-refractivity contribution >= 4 is 31.7 Å². The van der Waals surface area contributed by atoms with Gasteiger partial charge in [-0.15, -0.1) is 0 Å². The van der Waals surface area contributed by atoms with E-state index in [1.807, 2.05) is 0 Å². The number of amides is 1. The molecule has 0 aliphatic heterocycles. The topological polar surface area (TPSA) is 77.2 Å². The summed E-state index contributed by atoms with van der Waals surface area (Å²) in [6.07, 6.45) is 1.03. The van der Waals surface area contributed by atoms with Crippen LogP contribution in [0.4, 0.5) is 0 Å². The first-order valence-corrected chi connectivity index (χ1v) is 6.30. The molecule has 2 N–H and O–H groups in total. The summed E-state index contributed by atoms with van der Waals surface area (Å²) in [5.41, 5.74) is 5.05. The Morgan fingerprint density at radius 3 is 2.43 bits per heavy atom. The van der Waals surface area contributed by atoms with Crippen LogP contribution in [-0.2, 0) is 9.84 Å². The fourth-order valence-electron chi connectivity index (χ4n) is 1.01. The second-order valence-electron chi connectivity index (χ2n) is 2.78. The maximum absolute atomic E-state index is 11.3. The summed E-state index contributed by atoms with van der Waals surface area (Å²) < 4.78 is 23.1. The van der Waals surface area contributed by atoms with E-state index in [-0.39, 0.29) is 10.5 Å². The minimum absolute atomic E-state index is 0.00991.